The van der Waals surface area contributed by atoms with Crippen molar-refractivity contribution in [3.63, 3.8) is 0 Å². The summed E-state index contributed by atoms with van der Waals surface area (Å²) >= 11 is 0. The van der Waals surface area contributed by atoms with E-state index in [2.05, 4.69) is 5.32 Å². The molecule has 98 valence electrons. The van der Waals surface area contributed by atoms with Crippen molar-refractivity contribution in [2.75, 3.05) is 6.54 Å². The summed E-state index contributed by atoms with van der Waals surface area (Å²) in [5.41, 5.74) is 2.26. The molecule has 0 aliphatic carbocycles. The quantitative estimate of drug-likeness (QED) is 0.908. The summed E-state index contributed by atoms with van der Waals surface area (Å²) < 4.78 is 2.02. The topological polar surface area (TPSA) is 51.1 Å². The smallest absolute Gasteiger partial charge is 0.256 e. The Morgan fingerprint density at radius 3 is 3.05 bits per heavy atom. The van der Waals surface area contributed by atoms with Gasteiger partial charge in [-0.05, 0) is 24.5 Å². The molecule has 0 saturated heterocycles. The molecule has 1 aliphatic rings. The second-order valence-corrected chi connectivity index (χ2v) is 4.88. The second-order valence-electron chi connectivity index (χ2n) is 4.88. The fourth-order valence-corrected chi connectivity index (χ4v) is 2.65. The molecule has 0 fully saturated rings. The van der Waals surface area contributed by atoms with Crippen molar-refractivity contribution in [2.24, 2.45) is 0 Å². The molecular weight excluding hydrogens is 240 g/mol. The van der Waals surface area contributed by atoms with Crippen LogP contribution in [-0.4, -0.2) is 17.0 Å². The van der Waals surface area contributed by atoms with Gasteiger partial charge in [-0.25, -0.2) is 0 Å². The number of nitrogens with one attached hydrogen (secondary N) is 1. The molecule has 1 aromatic heterocycles. The molecule has 0 radical (unpaired) electrons. The van der Waals surface area contributed by atoms with Gasteiger partial charge in [0.1, 0.15) is 5.56 Å². The molecule has 1 amide bonds. The number of rotatable bonds is 3. The summed E-state index contributed by atoms with van der Waals surface area (Å²) in [6, 6.07) is 5.74. The third-order valence-corrected chi connectivity index (χ3v) is 3.58. The predicted molar refractivity (Wildman–Crippen MR) is 74.5 cm³/mol. The number of benzene rings is 1. The maximum absolute atomic E-state index is 12.4. The third-order valence-electron chi connectivity index (χ3n) is 3.58. The minimum atomic E-state index is -0.269. The Morgan fingerprint density at radius 1 is 1.42 bits per heavy atom. The maximum Gasteiger partial charge on any atom is 0.256 e. The standard InChI is InChI=1S/C15H16N2O2/c1-2-7-16-15(19)12-9-17-8-6-10-4-3-5-11(13(10)17)14(12)18/h3-5,9H,2,6-8H2,1H3,(H,16,19). The largest absolute Gasteiger partial charge is 0.352 e. The maximum atomic E-state index is 12.4. The first-order chi connectivity index (χ1) is 9.22. The highest BCUT2D eigenvalue weighted by Crippen LogP contribution is 2.23. The molecule has 19 heavy (non-hydrogen) atoms. The van der Waals surface area contributed by atoms with Gasteiger partial charge in [0.05, 0.1) is 5.52 Å². The number of nitrogens with zero attached hydrogens (tertiary/aromatic N) is 1. The normalized spacial score (nSPS) is 12.9. The number of carbonyl (C=O) groups excluding carboxylic acids is 1. The van der Waals surface area contributed by atoms with Crippen molar-refractivity contribution in [3.05, 3.63) is 45.7 Å². The van der Waals surface area contributed by atoms with Crippen molar-refractivity contribution >= 4 is 16.8 Å². The lowest BCUT2D eigenvalue weighted by Crippen LogP contribution is -2.30. The molecule has 2 aromatic rings. The Morgan fingerprint density at radius 2 is 2.26 bits per heavy atom. The van der Waals surface area contributed by atoms with E-state index in [9.17, 15) is 9.59 Å². The number of pyridine rings is 1. The summed E-state index contributed by atoms with van der Waals surface area (Å²) in [7, 11) is 0. The molecule has 2 heterocycles. The molecule has 1 aliphatic heterocycles. The van der Waals surface area contributed by atoms with Crippen LogP contribution in [0.2, 0.25) is 0 Å². The van der Waals surface area contributed by atoms with Crippen molar-refractivity contribution in [2.45, 2.75) is 26.3 Å². The summed E-state index contributed by atoms with van der Waals surface area (Å²) in [6.07, 6.45) is 3.49. The van der Waals surface area contributed by atoms with E-state index in [-0.39, 0.29) is 16.9 Å². The van der Waals surface area contributed by atoms with Crippen LogP contribution >= 0.6 is 0 Å². The summed E-state index contributed by atoms with van der Waals surface area (Å²) in [6.45, 7) is 3.42. The minimum absolute atomic E-state index is 0.163. The van der Waals surface area contributed by atoms with Gasteiger partial charge >= 0.3 is 0 Å². The number of carbonyl (C=O) groups is 1. The first-order valence-electron chi connectivity index (χ1n) is 6.65. The van der Waals surface area contributed by atoms with Crippen LogP contribution in [0.3, 0.4) is 0 Å². The van der Waals surface area contributed by atoms with E-state index in [1.165, 1.54) is 5.56 Å². The van der Waals surface area contributed by atoms with Crippen LogP contribution in [0.5, 0.6) is 0 Å². The zero-order valence-electron chi connectivity index (χ0n) is 10.9. The first-order valence-corrected chi connectivity index (χ1v) is 6.65. The van der Waals surface area contributed by atoms with Crippen LogP contribution in [-0.2, 0) is 13.0 Å². The molecule has 4 heteroatoms. The fraction of sp³-hybridized carbons (Fsp3) is 0.333. The molecule has 0 bridgehead atoms. The highest BCUT2D eigenvalue weighted by atomic mass is 16.2. The minimum Gasteiger partial charge on any atom is -0.352 e. The van der Waals surface area contributed by atoms with Gasteiger partial charge in [-0.15, -0.1) is 0 Å². The number of para-hydroxylation sites is 1. The Kier molecular flexibility index (Phi) is 2.85. The van der Waals surface area contributed by atoms with Gasteiger partial charge in [-0.1, -0.05) is 19.1 Å². The van der Waals surface area contributed by atoms with E-state index in [0.29, 0.717) is 11.9 Å². The van der Waals surface area contributed by atoms with Gasteiger partial charge in [-0.3, -0.25) is 9.59 Å². The van der Waals surface area contributed by atoms with Gasteiger partial charge < -0.3 is 9.88 Å². The van der Waals surface area contributed by atoms with Gasteiger partial charge in [0.2, 0.25) is 5.43 Å². The average Bonchev–Trinajstić information content (AvgIpc) is 2.84. The highest BCUT2D eigenvalue weighted by Gasteiger charge is 2.19. The predicted octanol–water partition coefficient (Wildman–Crippen LogP) is 1.70. The molecule has 0 atom stereocenters. The third kappa shape index (κ3) is 1.84. The summed E-state index contributed by atoms with van der Waals surface area (Å²) in [5.74, 6) is -0.269. The number of aryl methyl sites for hydroxylation is 2. The lowest BCUT2D eigenvalue weighted by Gasteiger charge is -2.08. The number of amides is 1. The second kappa shape index (κ2) is 4.53. The van der Waals surface area contributed by atoms with Crippen LogP contribution in [0, 0.1) is 0 Å². The van der Waals surface area contributed by atoms with E-state index < -0.39 is 0 Å². The van der Waals surface area contributed by atoms with Crippen LogP contribution in [0.25, 0.3) is 10.9 Å². The van der Waals surface area contributed by atoms with Gasteiger partial charge in [0, 0.05) is 24.7 Å². The zero-order chi connectivity index (χ0) is 13.4. The van der Waals surface area contributed by atoms with Gasteiger partial charge in [0.25, 0.3) is 5.91 Å². The van der Waals surface area contributed by atoms with E-state index in [1.54, 1.807) is 12.3 Å². The van der Waals surface area contributed by atoms with Crippen LogP contribution in [0.1, 0.15) is 29.3 Å². The number of hydrogen-bond acceptors (Lipinski definition) is 2. The Hall–Kier alpha value is -2.10. The lowest BCUT2D eigenvalue weighted by molar-refractivity contribution is 0.0952. The molecule has 0 saturated carbocycles. The molecule has 0 spiro atoms. The molecule has 4 nitrogen and oxygen atoms in total. The first kappa shape index (κ1) is 12.0. The van der Waals surface area contributed by atoms with E-state index in [0.717, 1.165) is 24.9 Å². The van der Waals surface area contributed by atoms with Gasteiger partial charge in [0.15, 0.2) is 0 Å². The van der Waals surface area contributed by atoms with E-state index in [4.69, 9.17) is 0 Å². The van der Waals surface area contributed by atoms with E-state index in [1.807, 2.05) is 23.6 Å². The van der Waals surface area contributed by atoms with Crippen molar-refractivity contribution in [3.8, 4) is 0 Å². The molecule has 1 aromatic carbocycles. The number of hydrogen-bond donors (Lipinski definition) is 1. The fourth-order valence-electron chi connectivity index (χ4n) is 2.65. The van der Waals surface area contributed by atoms with Crippen molar-refractivity contribution in [1.29, 1.82) is 0 Å². The SMILES string of the molecule is CCCNC(=O)c1cn2c3c(cccc3c1=O)CC2. The van der Waals surface area contributed by atoms with Crippen LogP contribution in [0.15, 0.2) is 29.2 Å². The molecule has 3 rings (SSSR count). The lowest BCUT2D eigenvalue weighted by atomic mass is 10.1. The highest BCUT2D eigenvalue weighted by molar-refractivity contribution is 5.98. The Bertz CT molecular complexity index is 716. The van der Waals surface area contributed by atoms with Gasteiger partial charge in [-0.2, -0.15) is 0 Å². The Balaban J connectivity index is 2.17. The number of aromatic nitrogens is 1. The van der Waals surface area contributed by atoms with E-state index >= 15 is 0 Å². The average molecular weight is 256 g/mol. The molecule has 0 unspecified atom stereocenters. The molecule has 1 N–H and O–H groups in total. The summed E-state index contributed by atoms with van der Waals surface area (Å²) in [4.78, 5) is 24.4. The van der Waals surface area contributed by atoms with Crippen LogP contribution < -0.4 is 10.7 Å². The monoisotopic (exact) mass is 256 g/mol. The summed E-state index contributed by atoms with van der Waals surface area (Å²) in [5, 5.41) is 3.42. The van der Waals surface area contributed by atoms with Crippen molar-refractivity contribution < 1.29 is 4.79 Å². The zero-order valence-corrected chi connectivity index (χ0v) is 10.9. The molecular formula is C15H16N2O2. The van der Waals surface area contributed by atoms with Crippen LogP contribution in [0.4, 0.5) is 0 Å². The Labute approximate surface area is 111 Å². The van der Waals surface area contributed by atoms with Crippen molar-refractivity contribution in [1.82, 2.24) is 9.88 Å².